The van der Waals surface area contributed by atoms with Gasteiger partial charge in [-0.3, -0.25) is 9.59 Å². The van der Waals surface area contributed by atoms with Gasteiger partial charge in [0.15, 0.2) is 0 Å². The predicted octanol–water partition coefficient (Wildman–Crippen LogP) is 3.92. The first-order valence-corrected chi connectivity index (χ1v) is 11.8. The largest absolute Gasteiger partial charge is 0.481 e. The lowest BCUT2D eigenvalue weighted by Gasteiger charge is -2.35. The van der Waals surface area contributed by atoms with E-state index in [2.05, 4.69) is 10.6 Å². The summed E-state index contributed by atoms with van der Waals surface area (Å²) < 4.78 is 35.5. The number of ether oxygens (including phenoxy) is 1. The highest BCUT2D eigenvalue weighted by atomic mass is 19.3. The average Bonchev–Trinajstić information content (AvgIpc) is 3.60. The summed E-state index contributed by atoms with van der Waals surface area (Å²) in [6.07, 6.45) is 0.185. The Labute approximate surface area is 200 Å². The van der Waals surface area contributed by atoms with Gasteiger partial charge in [0, 0.05) is 12.0 Å². The molecule has 2 saturated carbocycles. The number of alkyl carbamates (subject to hydrolysis) is 1. The van der Waals surface area contributed by atoms with Crippen molar-refractivity contribution in [2.24, 2.45) is 11.8 Å². The number of halogens is 2. The van der Waals surface area contributed by atoms with E-state index in [0.717, 1.165) is 22.3 Å². The number of benzene rings is 2. The van der Waals surface area contributed by atoms with Crippen LogP contribution < -0.4 is 10.6 Å². The number of carboxylic acid groups (broad SMARTS) is 1. The predicted molar refractivity (Wildman–Crippen MR) is 122 cm³/mol. The van der Waals surface area contributed by atoms with E-state index in [9.17, 15) is 14.4 Å². The van der Waals surface area contributed by atoms with E-state index < -0.39 is 47.8 Å². The van der Waals surface area contributed by atoms with Crippen LogP contribution in [0.5, 0.6) is 0 Å². The van der Waals surface area contributed by atoms with Crippen LogP contribution in [0.25, 0.3) is 11.1 Å². The van der Waals surface area contributed by atoms with E-state index in [-0.39, 0.29) is 25.4 Å². The van der Waals surface area contributed by atoms with Crippen LogP contribution in [0.3, 0.4) is 0 Å². The molecule has 2 fully saturated rings. The first-order valence-electron chi connectivity index (χ1n) is 11.8. The van der Waals surface area contributed by atoms with Crippen molar-refractivity contribution in [3.8, 4) is 11.1 Å². The minimum atomic E-state index is -3.85. The maximum Gasteiger partial charge on any atom is 0.407 e. The number of hydrogen-bond donors (Lipinski definition) is 3. The fraction of sp³-hybridized carbons (Fsp3) is 0.423. The van der Waals surface area contributed by atoms with Crippen LogP contribution in [0.1, 0.15) is 42.7 Å². The van der Waals surface area contributed by atoms with Crippen molar-refractivity contribution in [1.29, 1.82) is 0 Å². The van der Waals surface area contributed by atoms with Crippen molar-refractivity contribution in [2.75, 3.05) is 6.61 Å². The monoisotopic (exact) mass is 484 g/mol. The molecule has 0 aliphatic heterocycles. The van der Waals surface area contributed by atoms with Gasteiger partial charge in [-0.25, -0.2) is 4.79 Å². The molecule has 0 bridgehead atoms. The SMILES string of the molecule is O=C(NC(C1CC1)C(F)(F)C(=O)NC1CC(C(=O)O)C1)OCC1c2ccccc2-c2ccccc21. The van der Waals surface area contributed by atoms with Crippen LogP contribution in [0.4, 0.5) is 13.6 Å². The summed E-state index contributed by atoms with van der Waals surface area (Å²) in [5.41, 5.74) is 4.12. The third-order valence-electron chi connectivity index (χ3n) is 7.23. The lowest BCUT2D eigenvalue weighted by molar-refractivity contribution is -0.155. The molecule has 2 amide bonds. The Morgan fingerprint density at radius 2 is 1.57 bits per heavy atom. The molecule has 1 atom stereocenters. The molecule has 9 heteroatoms. The molecule has 184 valence electrons. The fourth-order valence-corrected chi connectivity index (χ4v) is 5.06. The zero-order valence-electron chi connectivity index (χ0n) is 18.9. The lowest BCUT2D eigenvalue weighted by atomic mass is 9.80. The minimum absolute atomic E-state index is 0.0202. The average molecular weight is 484 g/mol. The van der Waals surface area contributed by atoms with Gasteiger partial charge in [-0.2, -0.15) is 8.78 Å². The molecule has 3 N–H and O–H groups in total. The topological polar surface area (TPSA) is 105 Å². The molecule has 2 aromatic carbocycles. The summed E-state index contributed by atoms with van der Waals surface area (Å²) in [6.45, 7) is -0.0202. The van der Waals surface area contributed by atoms with Crippen LogP contribution in [-0.2, 0) is 14.3 Å². The second-order valence-corrected chi connectivity index (χ2v) is 9.58. The second-order valence-electron chi connectivity index (χ2n) is 9.58. The van der Waals surface area contributed by atoms with Gasteiger partial charge >= 0.3 is 18.0 Å². The van der Waals surface area contributed by atoms with Crippen molar-refractivity contribution in [2.45, 2.75) is 49.6 Å². The molecule has 0 saturated heterocycles. The molecule has 7 nitrogen and oxygen atoms in total. The van der Waals surface area contributed by atoms with Crippen LogP contribution in [0.2, 0.25) is 0 Å². The molecule has 35 heavy (non-hydrogen) atoms. The van der Waals surface area contributed by atoms with Crippen LogP contribution in [0, 0.1) is 11.8 Å². The van der Waals surface area contributed by atoms with Crippen molar-refractivity contribution >= 4 is 18.0 Å². The normalized spacial score (nSPS) is 21.8. The highest BCUT2D eigenvalue weighted by Gasteiger charge is 2.55. The Balaban J connectivity index is 1.21. The first-order chi connectivity index (χ1) is 16.8. The number of hydrogen-bond acceptors (Lipinski definition) is 4. The van der Waals surface area contributed by atoms with E-state index in [1.54, 1.807) is 0 Å². The van der Waals surface area contributed by atoms with Gasteiger partial charge in [-0.1, -0.05) is 48.5 Å². The van der Waals surface area contributed by atoms with Crippen molar-refractivity contribution < 1.29 is 33.0 Å². The summed E-state index contributed by atoms with van der Waals surface area (Å²) in [6, 6.07) is 13.3. The molecular formula is C26H26F2N2O5. The quantitative estimate of drug-likeness (QED) is 0.527. The van der Waals surface area contributed by atoms with Crippen molar-refractivity contribution in [3.05, 3.63) is 59.7 Å². The van der Waals surface area contributed by atoms with Gasteiger partial charge in [-0.05, 0) is 53.9 Å². The Bertz CT molecular complexity index is 1110. The smallest absolute Gasteiger partial charge is 0.407 e. The van der Waals surface area contributed by atoms with Gasteiger partial charge in [0.05, 0.1) is 5.92 Å². The molecular weight excluding hydrogens is 458 g/mol. The van der Waals surface area contributed by atoms with Gasteiger partial charge in [0.25, 0.3) is 5.91 Å². The number of fused-ring (bicyclic) bond motifs is 3. The van der Waals surface area contributed by atoms with Crippen LogP contribution in [-0.4, -0.2) is 47.7 Å². The van der Waals surface area contributed by atoms with E-state index in [0.29, 0.717) is 12.8 Å². The molecule has 0 heterocycles. The summed E-state index contributed by atoms with van der Waals surface area (Å²) in [4.78, 5) is 35.8. The van der Waals surface area contributed by atoms with Gasteiger partial charge in [0.1, 0.15) is 12.6 Å². The molecule has 0 aromatic heterocycles. The molecule has 0 radical (unpaired) electrons. The first kappa shape index (κ1) is 23.3. The molecule has 2 aromatic rings. The zero-order valence-corrected chi connectivity index (χ0v) is 18.9. The fourth-order valence-electron chi connectivity index (χ4n) is 5.06. The maximum absolute atomic E-state index is 15.0. The van der Waals surface area contributed by atoms with E-state index >= 15 is 8.78 Å². The van der Waals surface area contributed by atoms with E-state index in [1.165, 1.54) is 0 Å². The number of carbonyl (C=O) groups is 3. The van der Waals surface area contributed by atoms with Crippen LogP contribution >= 0.6 is 0 Å². The Morgan fingerprint density at radius 3 is 2.11 bits per heavy atom. The molecule has 1 unspecified atom stereocenters. The van der Waals surface area contributed by atoms with Gasteiger partial charge in [-0.15, -0.1) is 0 Å². The third-order valence-corrected chi connectivity index (χ3v) is 7.23. The number of nitrogens with one attached hydrogen (secondary N) is 2. The number of aliphatic carboxylic acids is 1. The third kappa shape index (κ3) is 4.47. The number of alkyl halides is 2. The summed E-state index contributed by atoms with van der Waals surface area (Å²) >= 11 is 0. The Kier molecular flexibility index (Phi) is 5.94. The maximum atomic E-state index is 15.0. The molecule has 5 rings (SSSR count). The summed E-state index contributed by atoms with van der Waals surface area (Å²) in [5, 5.41) is 13.4. The molecule has 3 aliphatic rings. The minimum Gasteiger partial charge on any atom is -0.481 e. The van der Waals surface area contributed by atoms with E-state index in [1.807, 2.05) is 48.5 Å². The second kappa shape index (κ2) is 8.94. The van der Waals surface area contributed by atoms with Crippen molar-refractivity contribution in [1.82, 2.24) is 10.6 Å². The summed E-state index contributed by atoms with van der Waals surface area (Å²) in [7, 11) is 0. The highest BCUT2D eigenvalue weighted by molar-refractivity contribution is 5.86. The molecule has 0 spiro atoms. The molecule has 3 aliphatic carbocycles. The highest BCUT2D eigenvalue weighted by Crippen LogP contribution is 2.45. The number of carbonyl (C=O) groups excluding carboxylic acids is 2. The summed E-state index contributed by atoms with van der Waals surface area (Å²) in [5.74, 6) is -7.72. The Hall–Kier alpha value is -3.49. The lowest BCUT2D eigenvalue weighted by Crippen LogP contribution is -2.60. The Morgan fingerprint density at radius 1 is 1.00 bits per heavy atom. The standard InChI is InChI=1S/C26H26F2N2O5/c27-26(28,24(33)29-16-11-15(12-16)23(31)32)22(14-9-10-14)30-25(34)35-13-21-19-7-3-1-5-17(19)18-6-2-4-8-20(18)21/h1-8,14-16,21-22H,9-13H2,(H,29,33)(H,30,34)(H,31,32). The number of rotatable bonds is 8. The number of carboxylic acids is 1. The van der Waals surface area contributed by atoms with Gasteiger partial charge < -0.3 is 20.5 Å². The van der Waals surface area contributed by atoms with E-state index in [4.69, 9.17) is 9.84 Å². The van der Waals surface area contributed by atoms with Crippen LogP contribution in [0.15, 0.2) is 48.5 Å². The van der Waals surface area contributed by atoms with Crippen molar-refractivity contribution in [3.63, 3.8) is 0 Å². The number of amides is 2. The zero-order chi connectivity index (χ0) is 24.7. The van der Waals surface area contributed by atoms with Gasteiger partial charge in [0.2, 0.25) is 0 Å².